The summed E-state index contributed by atoms with van der Waals surface area (Å²) in [5.74, 6) is -12.4. The Morgan fingerprint density at radius 2 is 1.45 bits per heavy atom. The number of carbonyl (C=O) groups is 12. The average molecular weight is 1120 g/mol. The van der Waals surface area contributed by atoms with Gasteiger partial charge in [0.15, 0.2) is 0 Å². The molecule has 2 saturated heterocycles. The van der Waals surface area contributed by atoms with E-state index in [1.54, 1.807) is 26.0 Å². The molecule has 1 aromatic rings. The monoisotopic (exact) mass is 1120 g/mol. The number of hydrogen-bond donors (Lipinski definition) is 13. The number of carboxylic acids is 1. The fourth-order valence-corrected chi connectivity index (χ4v) is 9.53. The van der Waals surface area contributed by atoms with Crippen LogP contribution in [0.25, 0.3) is 0 Å². The second kappa shape index (κ2) is 32.5. The number of nitrogens with one attached hydrogen (secondary N) is 7. The highest BCUT2D eigenvalue weighted by Crippen LogP contribution is 2.26. The fourth-order valence-electron chi connectivity index (χ4n) is 7.39. The predicted octanol–water partition coefficient (Wildman–Crippen LogP) is -2.83. The van der Waals surface area contributed by atoms with Crippen molar-refractivity contribution < 1.29 is 80.9 Å². The number of aromatic hydroxyl groups is 1. The summed E-state index contributed by atoms with van der Waals surface area (Å²) in [7, 11) is 2.23. The van der Waals surface area contributed by atoms with E-state index >= 15 is 0 Å². The molecule has 0 aliphatic carbocycles. The van der Waals surface area contributed by atoms with Crippen molar-refractivity contribution in [3.63, 3.8) is 0 Å². The first-order valence-corrected chi connectivity index (χ1v) is 26.4. The van der Waals surface area contributed by atoms with Crippen LogP contribution in [0.1, 0.15) is 83.6 Å². The molecule has 2 fully saturated rings. The van der Waals surface area contributed by atoms with E-state index in [0.717, 1.165) is 21.6 Å². The molecule has 8 atom stereocenters. The quantitative estimate of drug-likeness (QED) is 0.0491. The van der Waals surface area contributed by atoms with E-state index < -0.39 is 145 Å². The molecule has 0 aromatic heterocycles. The van der Waals surface area contributed by atoms with Crippen molar-refractivity contribution in [2.24, 2.45) is 28.9 Å². The second-order valence-electron chi connectivity index (χ2n) is 17.6. The number of unbranched alkanes of at least 4 members (excludes halogenated alkanes) is 1. The van der Waals surface area contributed by atoms with Crippen LogP contribution in [0.15, 0.2) is 24.3 Å². The second-order valence-corrected chi connectivity index (χ2v) is 20.2. The third kappa shape index (κ3) is 23.3. The lowest BCUT2D eigenvalue weighted by atomic mass is 9.96. The minimum absolute atomic E-state index is 0.0277. The van der Waals surface area contributed by atoms with Crippen LogP contribution < -0.4 is 60.2 Å². The van der Waals surface area contributed by atoms with E-state index in [0.29, 0.717) is 37.8 Å². The number of primary amides is 3. The number of hydrogen-bond acceptors (Lipinski definition) is 16. The van der Waals surface area contributed by atoms with Crippen molar-refractivity contribution >= 4 is 92.5 Å². The van der Waals surface area contributed by atoms with Crippen molar-refractivity contribution in [3.8, 4) is 5.75 Å². The Morgan fingerprint density at radius 1 is 0.829 bits per heavy atom. The summed E-state index contributed by atoms with van der Waals surface area (Å²) < 4.78 is 31.7. The van der Waals surface area contributed by atoms with Gasteiger partial charge in [-0.2, -0.15) is 13.2 Å². The largest absolute Gasteiger partial charge is 0.508 e. The van der Waals surface area contributed by atoms with E-state index in [2.05, 4.69) is 37.2 Å². The number of aliphatic carboxylic acids is 1. The average Bonchev–Trinajstić information content (AvgIpc) is 3.85. The normalized spacial score (nSPS) is 22.0. The third-order valence-corrected chi connectivity index (χ3v) is 14.0. The number of nitrogens with two attached hydrogens (primary N) is 4. The molecule has 17 N–H and O–H groups in total. The molecule has 11 amide bonds. The molecule has 0 spiro atoms. The van der Waals surface area contributed by atoms with Gasteiger partial charge < -0.3 is 75.3 Å². The van der Waals surface area contributed by atoms with Crippen LogP contribution in [0.5, 0.6) is 5.75 Å². The predicted molar refractivity (Wildman–Crippen MR) is 268 cm³/mol. The van der Waals surface area contributed by atoms with E-state index in [9.17, 15) is 71.0 Å². The molecule has 1 aromatic carbocycles. The summed E-state index contributed by atoms with van der Waals surface area (Å²) in [6.07, 6.45) is -4.82. The number of phenolic OH excluding ortho intramolecular Hbond substituents is 1. The van der Waals surface area contributed by atoms with Gasteiger partial charge in [-0.25, -0.2) is 4.79 Å². The number of carboxylic acid groups (broad SMARTS) is 1. The summed E-state index contributed by atoms with van der Waals surface area (Å²) in [4.78, 5) is 157. The fraction of sp³-hybridized carbons (Fsp3) is 0.600. The van der Waals surface area contributed by atoms with Crippen LogP contribution >= 0.6 is 21.6 Å². The molecule has 0 radical (unpaired) electrons. The number of nitrogens with zero attached hydrogens (tertiary/aromatic N) is 1. The van der Waals surface area contributed by atoms with E-state index in [4.69, 9.17) is 32.8 Å². The molecule has 0 saturated carbocycles. The van der Waals surface area contributed by atoms with E-state index in [1.807, 2.05) is 0 Å². The van der Waals surface area contributed by atoms with Crippen LogP contribution in [0.2, 0.25) is 0 Å². The van der Waals surface area contributed by atoms with Crippen molar-refractivity contribution in [1.82, 2.24) is 42.1 Å². The highest BCUT2D eigenvalue weighted by atomic mass is 33.1. The van der Waals surface area contributed by atoms with Crippen molar-refractivity contribution in [3.05, 3.63) is 29.8 Å². The molecular formula is C45H67F3N12O14S2. The molecule has 0 bridgehead atoms. The molecule has 26 nitrogen and oxygen atoms in total. The van der Waals surface area contributed by atoms with Crippen LogP contribution in [0.4, 0.5) is 13.2 Å². The van der Waals surface area contributed by atoms with Gasteiger partial charge in [-0.3, -0.25) is 52.7 Å². The van der Waals surface area contributed by atoms with Gasteiger partial charge in [0.1, 0.15) is 48.0 Å². The highest BCUT2D eigenvalue weighted by Gasteiger charge is 2.41. The van der Waals surface area contributed by atoms with Crippen LogP contribution in [-0.4, -0.2) is 166 Å². The molecule has 76 heavy (non-hydrogen) atoms. The zero-order valence-electron chi connectivity index (χ0n) is 41.7. The van der Waals surface area contributed by atoms with Gasteiger partial charge in [0.25, 0.3) is 0 Å². The third-order valence-electron chi connectivity index (χ3n) is 11.6. The maximum Gasteiger partial charge on any atom is 0.490 e. The molecule has 0 unspecified atom stereocenters. The summed E-state index contributed by atoms with van der Waals surface area (Å²) in [6, 6.07) is -3.52. The lowest BCUT2D eigenvalue weighted by molar-refractivity contribution is -0.192. The van der Waals surface area contributed by atoms with Gasteiger partial charge in [-0.05, 0) is 68.7 Å². The first-order chi connectivity index (χ1) is 35.7. The Morgan fingerprint density at radius 3 is 2.03 bits per heavy atom. The van der Waals surface area contributed by atoms with Gasteiger partial charge >= 0.3 is 12.1 Å². The van der Waals surface area contributed by atoms with Crippen LogP contribution in [0.3, 0.4) is 0 Å². The summed E-state index contributed by atoms with van der Waals surface area (Å²) >= 11 is 0. The Bertz CT molecular complexity index is 2230. The molecule has 3 rings (SSSR count). The lowest BCUT2D eigenvalue weighted by Crippen LogP contribution is -2.61. The van der Waals surface area contributed by atoms with Gasteiger partial charge in [-0.1, -0.05) is 54.0 Å². The molecular weight excluding hydrogens is 1050 g/mol. The topological polar surface area (TPSA) is 437 Å². The van der Waals surface area contributed by atoms with Gasteiger partial charge in [0, 0.05) is 37.3 Å². The maximum absolute atomic E-state index is 14.5. The minimum atomic E-state index is -5.08. The van der Waals surface area contributed by atoms with E-state index in [-0.39, 0.29) is 55.9 Å². The number of likely N-dealkylation sites (tertiary alicyclic amines) is 1. The lowest BCUT2D eigenvalue weighted by Gasteiger charge is -2.31. The zero-order chi connectivity index (χ0) is 57.3. The van der Waals surface area contributed by atoms with E-state index in [1.165, 1.54) is 17.0 Å². The molecule has 2 heterocycles. The zero-order valence-corrected chi connectivity index (χ0v) is 43.4. The van der Waals surface area contributed by atoms with Crippen LogP contribution in [-0.2, 0) is 64.0 Å². The Balaban J connectivity index is 0.00000263. The molecule has 2 aliphatic heterocycles. The summed E-state index contributed by atoms with van der Waals surface area (Å²) in [5.41, 5.74) is 22.3. The number of rotatable bonds is 19. The Labute approximate surface area is 442 Å². The first-order valence-electron chi connectivity index (χ1n) is 24.0. The standard InChI is InChI=1S/C43H66N12O12S2.C2HF3O2/c1-3-23(2)36-42(66)51-27(13-14-32(45)57)38(62)52-29(20-33(46)58)39(63)53-30(22-69-68-18-15-35(60)49-28(40(64)54-36)19-24-9-11-25(56)12-10-24)43(67)55-17-6-8-31(55)41(65)50-26(7-4-5-16-44)37(61)48-21-34(47)59;3-2(4,5)1(6)7/h9-12,23,26-31,36,56H,3-8,13-22,44H2,1-2H3,(H2,45,57)(H2,46,58)(H2,47,59)(H,48,61)(H,49,60)(H,50,65)(H,51,66)(H,52,62)(H,53,63)(H,54,64);(H,6,7)/t23-,26-,27-,28-,29-,30-,31-,36-;/m0./s1. The molecule has 424 valence electrons. The van der Waals surface area contributed by atoms with Gasteiger partial charge in [0.2, 0.25) is 65.0 Å². The van der Waals surface area contributed by atoms with Crippen LogP contribution in [0, 0.1) is 5.92 Å². The number of phenols is 1. The summed E-state index contributed by atoms with van der Waals surface area (Å²) in [5, 5.41) is 34.9. The molecule has 2 aliphatic rings. The number of benzene rings is 1. The number of carbonyl (C=O) groups excluding carboxylic acids is 11. The minimum Gasteiger partial charge on any atom is -0.508 e. The first kappa shape index (κ1) is 65.2. The number of alkyl halides is 3. The Hall–Kier alpha value is -6.89. The highest BCUT2D eigenvalue weighted by molar-refractivity contribution is 8.76. The Kier molecular flexibility index (Phi) is 27.9. The van der Waals surface area contributed by atoms with Crippen molar-refractivity contribution in [1.29, 1.82) is 0 Å². The van der Waals surface area contributed by atoms with Crippen molar-refractivity contribution in [2.75, 3.05) is 31.1 Å². The van der Waals surface area contributed by atoms with Gasteiger partial charge in [0.05, 0.1) is 13.0 Å². The summed E-state index contributed by atoms with van der Waals surface area (Å²) in [6.45, 7) is 3.33. The van der Waals surface area contributed by atoms with Crippen molar-refractivity contribution in [2.45, 2.75) is 133 Å². The van der Waals surface area contributed by atoms with Gasteiger partial charge in [-0.15, -0.1) is 0 Å². The maximum atomic E-state index is 14.5. The number of halogens is 3. The SMILES string of the molecule is CC[C@H](C)[C@@H]1NC(=O)[C@H](Cc2ccc(O)cc2)NC(=O)CCSSC[C@@H](C(=O)N2CCC[C@H]2C(=O)N[C@@H](CCCCN)C(=O)NCC(N)=O)NC(=O)[C@H](CC(N)=O)NC(=O)[C@H](CCC(N)=O)NC1=O.O=C(O)C(F)(F)F. The number of amides is 11. The smallest absolute Gasteiger partial charge is 0.490 e. The molecule has 31 heteroatoms.